The Kier molecular flexibility index (Phi) is 4.99. The molecule has 1 aliphatic rings. The first-order chi connectivity index (χ1) is 10.2. The number of benzene rings is 1. The Balaban J connectivity index is 2.06. The van der Waals surface area contributed by atoms with Crippen LogP contribution in [0.5, 0.6) is 11.5 Å². The number of amides is 2. The monoisotopic (exact) mass is 293 g/mol. The number of ether oxygens (including phenoxy) is 2. The number of nitrogens with one attached hydrogen (secondary N) is 2. The Hall–Kier alpha value is -2.28. The largest absolute Gasteiger partial charge is 0.497 e. The molecule has 0 bridgehead atoms. The van der Waals surface area contributed by atoms with Gasteiger partial charge in [0.05, 0.1) is 19.9 Å². The fourth-order valence-electron chi connectivity index (χ4n) is 2.09. The molecule has 0 unspecified atom stereocenters. The van der Waals surface area contributed by atoms with Crippen molar-refractivity contribution in [2.45, 2.75) is 0 Å². The van der Waals surface area contributed by atoms with Gasteiger partial charge in [0.15, 0.2) is 0 Å². The van der Waals surface area contributed by atoms with E-state index in [0.29, 0.717) is 43.4 Å². The quantitative estimate of drug-likeness (QED) is 0.771. The second-order valence-electron chi connectivity index (χ2n) is 4.56. The molecule has 1 aliphatic heterocycles. The Morgan fingerprint density at radius 2 is 1.90 bits per heavy atom. The summed E-state index contributed by atoms with van der Waals surface area (Å²) in [6.45, 7) is 2.47. The van der Waals surface area contributed by atoms with E-state index in [4.69, 9.17) is 9.47 Å². The van der Waals surface area contributed by atoms with Gasteiger partial charge >= 0.3 is 11.8 Å². The number of anilines is 1. The van der Waals surface area contributed by atoms with E-state index in [1.807, 2.05) is 0 Å². The molecule has 21 heavy (non-hydrogen) atoms. The summed E-state index contributed by atoms with van der Waals surface area (Å²) in [5, 5.41) is 5.71. The van der Waals surface area contributed by atoms with Crippen molar-refractivity contribution in [1.82, 2.24) is 10.2 Å². The van der Waals surface area contributed by atoms with Crippen molar-refractivity contribution in [3.05, 3.63) is 18.2 Å². The predicted octanol–water partition coefficient (Wildman–Crippen LogP) is 0.0741. The summed E-state index contributed by atoms with van der Waals surface area (Å²) < 4.78 is 10.3. The number of carbonyl (C=O) groups is 2. The molecule has 0 radical (unpaired) electrons. The highest BCUT2D eigenvalue weighted by molar-refractivity contribution is 6.39. The van der Waals surface area contributed by atoms with Crippen molar-refractivity contribution in [3.63, 3.8) is 0 Å². The Morgan fingerprint density at radius 1 is 1.19 bits per heavy atom. The van der Waals surface area contributed by atoms with Gasteiger partial charge < -0.3 is 25.0 Å². The summed E-state index contributed by atoms with van der Waals surface area (Å²) in [6.07, 6.45) is 0. The van der Waals surface area contributed by atoms with Gasteiger partial charge in [0.1, 0.15) is 11.5 Å². The van der Waals surface area contributed by atoms with Crippen LogP contribution in [0, 0.1) is 0 Å². The number of rotatable bonds is 3. The summed E-state index contributed by atoms with van der Waals surface area (Å²) in [7, 11) is 3.03. The maximum atomic E-state index is 12.0. The fraction of sp³-hybridized carbons (Fsp3) is 0.429. The van der Waals surface area contributed by atoms with Crippen molar-refractivity contribution >= 4 is 17.5 Å². The minimum atomic E-state index is -0.666. The van der Waals surface area contributed by atoms with E-state index in [0.717, 1.165) is 0 Å². The number of hydrogen-bond donors (Lipinski definition) is 2. The summed E-state index contributed by atoms with van der Waals surface area (Å²) in [5.74, 6) is -0.149. The molecule has 0 spiro atoms. The molecular formula is C14H19N3O4. The van der Waals surface area contributed by atoms with Crippen LogP contribution >= 0.6 is 0 Å². The zero-order valence-corrected chi connectivity index (χ0v) is 12.1. The van der Waals surface area contributed by atoms with Gasteiger partial charge in [-0.15, -0.1) is 0 Å². The molecular weight excluding hydrogens is 274 g/mol. The molecule has 1 fully saturated rings. The Morgan fingerprint density at radius 3 is 2.52 bits per heavy atom. The smallest absolute Gasteiger partial charge is 0.314 e. The van der Waals surface area contributed by atoms with Gasteiger partial charge in [-0.1, -0.05) is 0 Å². The van der Waals surface area contributed by atoms with Crippen LogP contribution in [0.3, 0.4) is 0 Å². The zero-order chi connectivity index (χ0) is 15.2. The lowest BCUT2D eigenvalue weighted by molar-refractivity contribution is -0.143. The van der Waals surface area contributed by atoms with E-state index < -0.39 is 11.8 Å². The molecule has 0 saturated carbocycles. The maximum Gasteiger partial charge on any atom is 0.314 e. The first-order valence-corrected chi connectivity index (χ1v) is 6.68. The van der Waals surface area contributed by atoms with Crippen LogP contribution in [0.25, 0.3) is 0 Å². The molecule has 1 aromatic rings. The molecule has 0 aliphatic carbocycles. The molecule has 2 rings (SSSR count). The first-order valence-electron chi connectivity index (χ1n) is 6.68. The molecule has 1 saturated heterocycles. The van der Waals surface area contributed by atoms with Gasteiger partial charge in [0.2, 0.25) is 0 Å². The number of hydrogen-bond acceptors (Lipinski definition) is 5. The first kappa shape index (κ1) is 15.1. The van der Waals surface area contributed by atoms with Crippen LogP contribution in [0.2, 0.25) is 0 Å². The van der Waals surface area contributed by atoms with Gasteiger partial charge in [-0.2, -0.15) is 0 Å². The molecule has 7 nitrogen and oxygen atoms in total. The lowest BCUT2D eigenvalue weighted by Crippen LogP contribution is -2.49. The third-order valence-corrected chi connectivity index (χ3v) is 3.26. The molecule has 114 valence electrons. The summed E-state index contributed by atoms with van der Waals surface area (Å²) in [5.41, 5.74) is 0.437. The van der Waals surface area contributed by atoms with E-state index in [9.17, 15) is 9.59 Å². The van der Waals surface area contributed by atoms with Crippen LogP contribution in [-0.2, 0) is 9.59 Å². The van der Waals surface area contributed by atoms with E-state index in [1.54, 1.807) is 25.3 Å². The number of carbonyl (C=O) groups excluding carboxylic acids is 2. The highest BCUT2D eigenvalue weighted by Crippen LogP contribution is 2.28. The highest BCUT2D eigenvalue weighted by Gasteiger charge is 2.24. The Labute approximate surface area is 123 Å². The van der Waals surface area contributed by atoms with Crippen LogP contribution in [0.4, 0.5) is 5.69 Å². The fourth-order valence-corrected chi connectivity index (χ4v) is 2.09. The van der Waals surface area contributed by atoms with Gasteiger partial charge in [-0.05, 0) is 12.1 Å². The highest BCUT2D eigenvalue weighted by atomic mass is 16.5. The van der Waals surface area contributed by atoms with Gasteiger partial charge in [0.25, 0.3) is 0 Å². The predicted molar refractivity (Wildman–Crippen MR) is 77.6 cm³/mol. The average Bonchev–Trinajstić information content (AvgIpc) is 2.55. The van der Waals surface area contributed by atoms with Crippen LogP contribution in [0.15, 0.2) is 18.2 Å². The molecule has 2 N–H and O–H groups in total. The third kappa shape index (κ3) is 3.63. The van der Waals surface area contributed by atoms with Crippen molar-refractivity contribution in [1.29, 1.82) is 0 Å². The van der Waals surface area contributed by atoms with Crippen molar-refractivity contribution in [2.24, 2.45) is 0 Å². The lowest BCUT2D eigenvalue weighted by atomic mass is 10.2. The molecule has 0 aromatic heterocycles. The summed E-state index contributed by atoms with van der Waals surface area (Å²) in [6, 6.07) is 4.97. The Bertz CT molecular complexity index is 527. The summed E-state index contributed by atoms with van der Waals surface area (Å²) in [4.78, 5) is 25.6. The van der Waals surface area contributed by atoms with Gasteiger partial charge in [0, 0.05) is 32.2 Å². The number of piperazine rings is 1. The number of nitrogens with zero attached hydrogens (tertiary/aromatic N) is 1. The molecule has 7 heteroatoms. The topological polar surface area (TPSA) is 79.9 Å². The lowest BCUT2D eigenvalue weighted by Gasteiger charge is -2.26. The van der Waals surface area contributed by atoms with Crippen molar-refractivity contribution < 1.29 is 19.1 Å². The third-order valence-electron chi connectivity index (χ3n) is 3.26. The maximum absolute atomic E-state index is 12.0. The second-order valence-corrected chi connectivity index (χ2v) is 4.56. The SMILES string of the molecule is COc1ccc(NC(=O)C(=O)N2CCNCC2)c(OC)c1. The van der Waals surface area contributed by atoms with E-state index >= 15 is 0 Å². The van der Waals surface area contributed by atoms with E-state index in [1.165, 1.54) is 12.0 Å². The van der Waals surface area contributed by atoms with Crippen LogP contribution in [-0.4, -0.2) is 57.1 Å². The molecule has 1 heterocycles. The second kappa shape index (κ2) is 6.94. The van der Waals surface area contributed by atoms with Gasteiger partial charge in [-0.25, -0.2) is 0 Å². The van der Waals surface area contributed by atoms with Crippen LogP contribution < -0.4 is 20.1 Å². The normalized spacial score (nSPS) is 14.5. The van der Waals surface area contributed by atoms with Crippen molar-refractivity contribution in [2.75, 3.05) is 45.7 Å². The molecule has 0 atom stereocenters. The molecule has 2 amide bonds. The van der Waals surface area contributed by atoms with E-state index in [2.05, 4.69) is 10.6 Å². The van der Waals surface area contributed by atoms with Crippen molar-refractivity contribution in [3.8, 4) is 11.5 Å². The number of methoxy groups -OCH3 is 2. The minimum Gasteiger partial charge on any atom is -0.497 e. The standard InChI is InChI=1S/C14H19N3O4/c1-20-10-3-4-11(12(9-10)21-2)16-13(18)14(19)17-7-5-15-6-8-17/h3-4,9,15H,5-8H2,1-2H3,(H,16,18). The van der Waals surface area contributed by atoms with E-state index in [-0.39, 0.29) is 0 Å². The zero-order valence-electron chi connectivity index (χ0n) is 12.1. The van der Waals surface area contributed by atoms with Crippen LogP contribution in [0.1, 0.15) is 0 Å². The average molecular weight is 293 g/mol. The summed E-state index contributed by atoms with van der Waals surface area (Å²) >= 11 is 0. The van der Waals surface area contributed by atoms with Gasteiger partial charge in [-0.3, -0.25) is 9.59 Å². The molecule has 1 aromatic carbocycles. The minimum absolute atomic E-state index is 0.437.